The van der Waals surface area contributed by atoms with Crippen molar-refractivity contribution in [1.29, 1.82) is 0 Å². The van der Waals surface area contributed by atoms with Crippen molar-refractivity contribution in [3.8, 4) is 0 Å². The Morgan fingerprint density at radius 2 is 1.88 bits per heavy atom. The van der Waals surface area contributed by atoms with Gasteiger partial charge in [-0.15, -0.1) is 0 Å². The van der Waals surface area contributed by atoms with Gasteiger partial charge in [0.1, 0.15) is 5.82 Å². The Kier molecular flexibility index (Phi) is 3.32. The van der Waals surface area contributed by atoms with Crippen LogP contribution in [0, 0.1) is 5.82 Å². The molecule has 1 nitrogen and oxygen atoms in total. The maximum atomic E-state index is 13.0. The van der Waals surface area contributed by atoms with Gasteiger partial charge in [0.2, 0.25) is 0 Å². The highest BCUT2D eigenvalue weighted by Gasteiger charge is 1.96. The predicted molar refractivity (Wildman–Crippen MR) is 64.6 cm³/mol. The predicted octanol–water partition coefficient (Wildman–Crippen LogP) is 3.37. The van der Waals surface area contributed by atoms with Gasteiger partial charge < -0.3 is 5.11 Å². The minimum Gasteiger partial charge on any atom is -0.396 e. The third-order valence-electron chi connectivity index (χ3n) is 2.43. The summed E-state index contributed by atoms with van der Waals surface area (Å²) in [6.45, 7) is 0.151. The number of rotatable bonds is 3. The molecule has 0 radical (unpaired) electrons. The highest BCUT2D eigenvalue weighted by atomic mass is 19.1. The number of hydrogen-bond acceptors (Lipinski definition) is 1. The zero-order valence-electron chi connectivity index (χ0n) is 8.86. The number of aliphatic hydroxyl groups is 1. The number of benzene rings is 2. The van der Waals surface area contributed by atoms with Crippen molar-refractivity contribution in [2.24, 2.45) is 0 Å². The fraction of sp³-hybridized carbons (Fsp3) is 0.143. The molecule has 0 spiro atoms. The summed E-state index contributed by atoms with van der Waals surface area (Å²) in [5, 5.41) is 10.6. The van der Waals surface area contributed by atoms with Gasteiger partial charge in [-0.05, 0) is 41.0 Å². The molecule has 0 amide bonds. The normalized spacial score (nSPS) is 11.4. The first-order valence-electron chi connectivity index (χ1n) is 5.26. The molecule has 2 aromatic carbocycles. The number of aliphatic hydroxyl groups excluding tert-OH is 1. The SMILES string of the molecule is OCCC=Cc1ccc2ccc(F)cc2c1. The van der Waals surface area contributed by atoms with Crippen molar-refractivity contribution in [3.05, 3.63) is 53.9 Å². The Bertz CT molecular complexity index is 517. The van der Waals surface area contributed by atoms with Crippen LogP contribution in [0.15, 0.2) is 42.5 Å². The number of halogens is 1. The summed E-state index contributed by atoms with van der Waals surface area (Å²) < 4.78 is 13.0. The summed E-state index contributed by atoms with van der Waals surface area (Å²) in [4.78, 5) is 0. The first kappa shape index (κ1) is 10.8. The van der Waals surface area contributed by atoms with Crippen LogP contribution in [-0.2, 0) is 0 Å². The van der Waals surface area contributed by atoms with Gasteiger partial charge in [0.25, 0.3) is 0 Å². The molecule has 0 bridgehead atoms. The van der Waals surface area contributed by atoms with Crippen LogP contribution in [0.3, 0.4) is 0 Å². The molecule has 0 heterocycles. The quantitative estimate of drug-likeness (QED) is 0.834. The molecule has 0 atom stereocenters. The first-order valence-corrected chi connectivity index (χ1v) is 5.26. The molecule has 0 aliphatic heterocycles. The van der Waals surface area contributed by atoms with E-state index < -0.39 is 0 Å². The van der Waals surface area contributed by atoms with Gasteiger partial charge in [-0.2, -0.15) is 0 Å². The molecular formula is C14H13FO. The number of hydrogen-bond donors (Lipinski definition) is 1. The van der Waals surface area contributed by atoms with Crippen molar-refractivity contribution >= 4 is 16.8 Å². The van der Waals surface area contributed by atoms with E-state index in [1.54, 1.807) is 6.07 Å². The molecule has 0 aromatic heterocycles. The maximum Gasteiger partial charge on any atom is 0.123 e. The molecule has 0 aliphatic rings. The second-order valence-corrected chi connectivity index (χ2v) is 3.67. The van der Waals surface area contributed by atoms with Gasteiger partial charge in [0.05, 0.1) is 0 Å². The molecular weight excluding hydrogens is 203 g/mol. The van der Waals surface area contributed by atoms with E-state index in [0.29, 0.717) is 6.42 Å². The largest absolute Gasteiger partial charge is 0.396 e. The van der Waals surface area contributed by atoms with Crippen molar-refractivity contribution in [1.82, 2.24) is 0 Å². The molecule has 0 saturated heterocycles. The lowest BCUT2D eigenvalue weighted by Crippen LogP contribution is -1.79. The highest BCUT2D eigenvalue weighted by Crippen LogP contribution is 2.18. The van der Waals surface area contributed by atoms with Crippen LogP contribution in [0.5, 0.6) is 0 Å². The third-order valence-corrected chi connectivity index (χ3v) is 2.43. The van der Waals surface area contributed by atoms with Gasteiger partial charge in [-0.25, -0.2) is 4.39 Å². The van der Waals surface area contributed by atoms with Crippen LogP contribution in [0.4, 0.5) is 4.39 Å². The maximum absolute atomic E-state index is 13.0. The molecule has 0 saturated carbocycles. The summed E-state index contributed by atoms with van der Waals surface area (Å²) in [6, 6.07) is 10.6. The van der Waals surface area contributed by atoms with Crippen molar-refractivity contribution in [3.63, 3.8) is 0 Å². The van der Waals surface area contributed by atoms with Gasteiger partial charge >= 0.3 is 0 Å². The summed E-state index contributed by atoms with van der Waals surface area (Å²) in [5.41, 5.74) is 1.02. The average Bonchev–Trinajstić information content (AvgIpc) is 2.29. The van der Waals surface area contributed by atoms with E-state index in [-0.39, 0.29) is 12.4 Å². The molecule has 0 aliphatic carbocycles. The Labute approximate surface area is 93.8 Å². The van der Waals surface area contributed by atoms with Gasteiger partial charge in [0.15, 0.2) is 0 Å². The molecule has 16 heavy (non-hydrogen) atoms. The van der Waals surface area contributed by atoms with Crippen molar-refractivity contribution < 1.29 is 9.50 Å². The molecule has 0 unspecified atom stereocenters. The van der Waals surface area contributed by atoms with Crippen LogP contribution in [0.1, 0.15) is 12.0 Å². The van der Waals surface area contributed by atoms with Crippen molar-refractivity contribution in [2.45, 2.75) is 6.42 Å². The topological polar surface area (TPSA) is 20.2 Å². The second-order valence-electron chi connectivity index (χ2n) is 3.67. The minimum absolute atomic E-state index is 0.151. The fourth-order valence-corrected chi connectivity index (χ4v) is 1.63. The highest BCUT2D eigenvalue weighted by molar-refractivity contribution is 5.84. The van der Waals surface area contributed by atoms with Crippen LogP contribution in [-0.4, -0.2) is 11.7 Å². The smallest absolute Gasteiger partial charge is 0.123 e. The standard InChI is InChI=1S/C14H13FO/c15-14-7-6-12-5-4-11(3-1-2-8-16)9-13(12)10-14/h1,3-7,9-10,16H,2,8H2. The summed E-state index contributed by atoms with van der Waals surface area (Å²) in [5.74, 6) is -0.219. The third kappa shape index (κ3) is 2.47. The van der Waals surface area contributed by atoms with E-state index in [9.17, 15) is 4.39 Å². The van der Waals surface area contributed by atoms with E-state index in [2.05, 4.69) is 0 Å². The Balaban J connectivity index is 2.35. The molecule has 2 aromatic rings. The van der Waals surface area contributed by atoms with E-state index in [1.165, 1.54) is 12.1 Å². The van der Waals surface area contributed by atoms with Crippen LogP contribution in [0.25, 0.3) is 16.8 Å². The monoisotopic (exact) mass is 216 g/mol. The average molecular weight is 216 g/mol. The molecule has 1 N–H and O–H groups in total. The molecule has 82 valence electrons. The summed E-state index contributed by atoms with van der Waals surface area (Å²) in [7, 11) is 0. The Morgan fingerprint density at radius 3 is 2.69 bits per heavy atom. The van der Waals surface area contributed by atoms with E-state index in [0.717, 1.165) is 16.3 Å². The molecule has 2 heteroatoms. The van der Waals surface area contributed by atoms with Crippen molar-refractivity contribution in [2.75, 3.05) is 6.61 Å². The molecule has 2 rings (SSSR count). The molecule has 0 fully saturated rings. The summed E-state index contributed by atoms with van der Waals surface area (Å²) in [6.07, 6.45) is 4.47. The minimum atomic E-state index is -0.219. The lowest BCUT2D eigenvalue weighted by atomic mass is 10.1. The van der Waals surface area contributed by atoms with Gasteiger partial charge in [-0.1, -0.05) is 30.4 Å². The Hall–Kier alpha value is -1.67. The van der Waals surface area contributed by atoms with Crippen LogP contribution < -0.4 is 0 Å². The van der Waals surface area contributed by atoms with E-state index >= 15 is 0 Å². The van der Waals surface area contributed by atoms with Crippen LogP contribution in [0.2, 0.25) is 0 Å². The van der Waals surface area contributed by atoms with Gasteiger partial charge in [0, 0.05) is 6.61 Å². The van der Waals surface area contributed by atoms with Crippen LogP contribution >= 0.6 is 0 Å². The first-order chi connectivity index (χ1) is 7.79. The fourth-order valence-electron chi connectivity index (χ4n) is 1.63. The van der Waals surface area contributed by atoms with Gasteiger partial charge in [-0.3, -0.25) is 0 Å². The second kappa shape index (κ2) is 4.90. The zero-order chi connectivity index (χ0) is 11.4. The van der Waals surface area contributed by atoms with E-state index in [1.807, 2.05) is 30.4 Å². The lowest BCUT2D eigenvalue weighted by molar-refractivity contribution is 0.303. The number of fused-ring (bicyclic) bond motifs is 1. The Morgan fingerprint density at radius 1 is 1.06 bits per heavy atom. The van der Waals surface area contributed by atoms with E-state index in [4.69, 9.17) is 5.11 Å². The zero-order valence-corrected chi connectivity index (χ0v) is 8.86. The lowest BCUT2D eigenvalue weighted by Gasteiger charge is -1.99. The summed E-state index contributed by atoms with van der Waals surface area (Å²) >= 11 is 0.